The van der Waals surface area contributed by atoms with Crippen molar-refractivity contribution in [3.05, 3.63) is 29.8 Å². The molecule has 1 aromatic rings. The maximum atomic E-state index is 11.8. The highest BCUT2D eigenvalue weighted by atomic mass is 16.6. The van der Waals surface area contributed by atoms with Gasteiger partial charge in [-0.05, 0) is 50.8 Å². The van der Waals surface area contributed by atoms with Crippen molar-refractivity contribution in [1.29, 1.82) is 0 Å². The summed E-state index contributed by atoms with van der Waals surface area (Å²) in [7, 11) is 0. The lowest BCUT2D eigenvalue weighted by molar-refractivity contribution is -0.139. The third-order valence-corrected chi connectivity index (χ3v) is 3.32. The Bertz CT molecular complexity index is 560. The second-order valence-electron chi connectivity index (χ2n) is 7.42. The molecule has 6 nitrogen and oxygen atoms in total. The minimum Gasteiger partial charge on any atom is -0.494 e. The summed E-state index contributed by atoms with van der Waals surface area (Å²) in [5.41, 5.74) is 0.113. The lowest BCUT2D eigenvalue weighted by Gasteiger charge is -2.22. The van der Waals surface area contributed by atoms with Gasteiger partial charge in [0.05, 0.1) is 6.61 Å². The monoisotopic (exact) mass is 351 g/mol. The average molecular weight is 351 g/mol. The second-order valence-corrected chi connectivity index (χ2v) is 7.42. The van der Waals surface area contributed by atoms with Crippen LogP contribution < -0.4 is 10.1 Å². The molecule has 0 radical (unpaired) electrons. The van der Waals surface area contributed by atoms with Crippen LogP contribution in [0.3, 0.4) is 0 Å². The maximum Gasteiger partial charge on any atom is 0.408 e. The van der Waals surface area contributed by atoms with E-state index in [0.29, 0.717) is 12.5 Å². The zero-order valence-electron chi connectivity index (χ0n) is 15.7. The quantitative estimate of drug-likeness (QED) is 0.747. The normalized spacial score (nSPS) is 12.6. The Balaban J connectivity index is 2.60. The van der Waals surface area contributed by atoms with E-state index in [1.165, 1.54) is 0 Å². The maximum absolute atomic E-state index is 11.8. The molecule has 140 valence electrons. The van der Waals surface area contributed by atoms with Crippen LogP contribution in [-0.2, 0) is 16.0 Å². The molecule has 1 unspecified atom stereocenters. The van der Waals surface area contributed by atoms with E-state index >= 15 is 0 Å². The number of alkyl carbamates (subject to hydrolysis) is 1. The Morgan fingerprint density at radius 3 is 2.24 bits per heavy atom. The van der Waals surface area contributed by atoms with Gasteiger partial charge in [0.2, 0.25) is 0 Å². The fraction of sp³-hybridized carbons (Fsp3) is 0.579. The van der Waals surface area contributed by atoms with Crippen molar-refractivity contribution in [3.63, 3.8) is 0 Å². The topological polar surface area (TPSA) is 84.9 Å². The average Bonchev–Trinajstić information content (AvgIpc) is 2.46. The van der Waals surface area contributed by atoms with Crippen molar-refractivity contribution < 1.29 is 24.2 Å². The van der Waals surface area contributed by atoms with E-state index in [4.69, 9.17) is 9.47 Å². The summed E-state index contributed by atoms with van der Waals surface area (Å²) in [4.78, 5) is 23.2. The van der Waals surface area contributed by atoms with E-state index in [1.54, 1.807) is 32.9 Å². The predicted octanol–water partition coefficient (Wildman–Crippen LogP) is 3.63. The highest BCUT2D eigenvalue weighted by Gasteiger charge is 2.24. The van der Waals surface area contributed by atoms with Gasteiger partial charge in [-0.25, -0.2) is 9.59 Å². The zero-order valence-corrected chi connectivity index (χ0v) is 15.7. The smallest absolute Gasteiger partial charge is 0.408 e. The number of carboxylic acids is 1. The summed E-state index contributed by atoms with van der Waals surface area (Å²) in [6.07, 6.45) is 0.400. The third kappa shape index (κ3) is 8.98. The summed E-state index contributed by atoms with van der Waals surface area (Å²) in [5, 5.41) is 11.7. The van der Waals surface area contributed by atoms with E-state index in [0.717, 1.165) is 17.7 Å². The molecule has 1 amide bonds. The first-order valence-electron chi connectivity index (χ1n) is 8.51. The first kappa shape index (κ1) is 20.8. The number of hydrogen-bond acceptors (Lipinski definition) is 4. The van der Waals surface area contributed by atoms with Crippen LogP contribution in [0.25, 0.3) is 0 Å². The number of nitrogens with one attached hydrogen (secondary N) is 1. The largest absolute Gasteiger partial charge is 0.494 e. The van der Waals surface area contributed by atoms with Gasteiger partial charge in [-0.1, -0.05) is 26.0 Å². The summed E-state index contributed by atoms with van der Waals surface area (Å²) in [6.45, 7) is 10.1. The molecule has 0 aromatic heterocycles. The fourth-order valence-corrected chi connectivity index (χ4v) is 2.02. The van der Waals surface area contributed by atoms with Crippen LogP contribution in [-0.4, -0.2) is 35.4 Å². The van der Waals surface area contributed by atoms with E-state index < -0.39 is 23.7 Å². The van der Waals surface area contributed by atoms with E-state index in [2.05, 4.69) is 19.2 Å². The number of rotatable bonds is 8. The highest BCUT2D eigenvalue weighted by Crippen LogP contribution is 2.15. The van der Waals surface area contributed by atoms with Crippen LogP contribution in [0.15, 0.2) is 24.3 Å². The van der Waals surface area contributed by atoms with E-state index in [-0.39, 0.29) is 6.42 Å². The minimum atomic E-state index is -1.11. The van der Waals surface area contributed by atoms with Gasteiger partial charge in [0, 0.05) is 6.42 Å². The second kappa shape index (κ2) is 9.30. The number of benzene rings is 1. The van der Waals surface area contributed by atoms with Crippen molar-refractivity contribution in [2.75, 3.05) is 6.61 Å². The number of hydrogen-bond donors (Lipinski definition) is 2. The molecule has 2 N–H and O–H groups in total. The molecule has 0 fully saturated rings. The third-order valence-electron chi connectivity index (χ3n) is 3.32. The van der Waals surface area contributed by atoms with Crippen LogP contribution in [0, 0.1) is 5.92 Å². The van der Waals surface area contributed by atoms with Crippen LogP contribution in [0.5, 0.6) is 5.75 Å². The number of carbonyl (C=O) groups excluding carboxylic acids is 1. The molecule has 25 heavy (non-hydrogen) atoms. The molecule has 0 aliphatic carbocycles. The first-order chi connectivity index (χ1) is 11.6. The predicted molar refractivity (Wildman–Crippen MR) is 95.9 cm³/mol. The molecule has 0 heterocycles. The Labute approximate surface area is 149 Å². The first-order valence-corrected chi connectivity index (χ1v) is 8.51. The van der Waals surface area contributed by atoms with Gasteiger partial charge in [0.25, 0.3) is 0 Å². The fourth-order valence-electron chi connectivity index (χ4n) is 2.02. The van der Waals surface area contributed by atoms with Crippen LogP contribution in [0.2, 0.25) is 0 Å². The van der Waals surface area contributed by atoms with Gasteiger partial charge in [-0.3, -0.25) is 0 Å². The van der Waals surface area contributed by atoms with Crippen molar-refractivity contribution in [1.82, 2.24) is 5.32 Å². The van der Waals surface area contributed by atoms with Gasteiger partial charge in [0.1, 0.15) is 17.4 Å². The molecular weight excluding hydrogens is 322 g/mol. The summed E-state index contributed by atoms with van der Waals surface area (Å²) in [5.74, 6) is 0.217. The zero-order chi connectivity index (χ0) is 19.0. The van der Waals surface area contributed by atoms with Crippen molar-refractivity contribution in [3.8, 4) is 5.75 Å². The molecule has 1 rings (SSSR count). The number of aliphatic carboxylic acids is 1. The number of carboxylic acid groups (broad SMARTS) is 1. The van der Waals surface area contributed by atoms with Gasteiger partial charge in [-0.15, -0.1) is 0 Å². The van der Waals surface area contributed by atoms with Crippen LogP contribution >= 0.6 is 0 Å². The minimum absolute atomic E-state index is 0.168. The van der Waals surface area contributed by atoms with Gasteiger partial charge < -0.3 is 19.9 Å². The lowest BCUT2D eigenvalue weighted by atomic mass is 10.1. The van der Waals surface area contributed by atoms with Crippen molar-refractivity contribution in [2.45, 2.75) is 59.1 Å². The SMILES string of the molecule is CC(C)CCOc1ccc(CC(NC(=O)OC(C)(C)C)C(=O)O)cc1. The standard InChI is InChI=1S/C19H29NO5/c1-13(2)10-11-24-15-8-6-14(7-9-15)12-16(17(21)22)20-18(23)25-19(3,4)5/h6-9,13,16H,10-12H2,1-5H3,(H,20,23)(H,21,22). The van der Waals surface area contributed by atoms with E-state index in [9.17, 15) is 14.7 Å². The van der Waals surface area contributed by atoms with Gasteiger partial charge in [0.15, 0.2) is 0 Å². The molecule has 0 saturated carbocycles. The highest BCUT2D eigenvalue weighted by molar-refractivity contribution is 5.80. The van der Waals surface area contributed by atoms with Gasteiger partial charge in [-0.2, -0.15) is 0 Å². The number of ether oxygens (including phenoxy) is 2. The molecule has 1 aromatic carbocycles. The summed E-state index contributed by atoms with van der Waals surface area (Å²) >= 11 is 0. The Kier molecular flexibility index (Phi) is 7.74. The van der Waals surface area contributed by atoms with Crippen LogP contribution in [0.1, 0.15) is 46.6 Å². The molecule has 0 spiro atoms. The molecule has 1 atom stereocenters. The van der Waals surface area contributed by atoms with Crippen molar-refractivity contribution >= 4 is 12.1 Å². The Morgan fingerprint density at radius 2 is 1.76 bits per heavy atom. The molecule has 6 heteroatoms. The lowest BCUT2D eigenvalue weighted by Crippen LogP contribution is -2.44. The van der Waals surface area contributed by atoms with E-state index in [1.807, 2.05) is 12.1 Å². The van der Waals surface area contributed by atoms with Crippen molar-refractivity contribution in [2.24, 2.45) is 5.92 Å². The molecule has 0 bridgehead atoms. The van der Waals surface area contributed by atoms with Crippen LogP contribution in [0.4, 0.5) is 4.79 Å². The molecule has 0 saturated heterocycles. The molecular formula is C19H29NO5. The molecule has 0 aliphatic heterocycles. The summed E-state index contributed by atoms with van der Waals surface area (Å²) in [6, 6.07) is 6.17. The summed E-state index contributed by atoms with van der Waals surface area (Å²) < 4.78 is 10.7. The van der Waals surface area contributed by atoms with Gasteiger partial charge >= 0.3 is 12.1 Å². The Morgan fingerprint density at radius 1 is 1.16 bits per heavy atom. The number of carbonyl (C=O) groups is 2. The number of amides is 1. The Hall–Kier alpha value is -2.24. The molecule has 0 aliphatic rings.